The molecule has 0 aliphatic carbocycles. The van der Waals surface area contributed by atoms with Crippen molar-refractivity contribution in [1.82, 2.24) is 9.97 Å². The quantitative estimate of drug-likeness (QED) is 0.818. The minimum Gasteiger partial charge on any atom is -0.497 e. The summed E-state index contributed by atoms with van der Waals surface area (Å²) in [6.07, 6.45) is 0. The Bertz CT molecular complexity index is 799. The van der Waals surface area contributed by atoms with E-state index in [1.807, 2.05) is 13.8 Å². The maximum Gasteiger partial charge on any atom is 0.257 e. The highest BCUT2D eigenvalue weighted by Crippen LogP contribution is 2.26. The Morgan fingerprint density at radius 3 is 2.50 bits per heavy atom. The first-order valence-corrected chi connectivity index (χ1v) is 9.11. The molecule has 1 N–H and O–H groups in total. The molecule has 2 heterocycles. The van der Waals surface area contributed by atoms with Crippen LogP contribution in [-0.2, 0) is 4.74 Å². The fourth-order valence-corrected chi connectivity index (χ4v) is 3.20. The molecule has 1 aliphatic heterocycles. The van der Waals surface area contributed by atoms with Crippen molar-refractivity contribution >= 4 is 33.5 Å². The predicted molar refractivity (Wildman–Crippen MR) is 103 cm³/mol. The number of anilines is 2. The number of rotatable bonds is 4. The van der Waals surface area contributed by atoms with Crippen molar-refractivity contribution in [3.8, 4) is 5.75 Å². The van der Waals surface area contributed by atoms with Gasteiger partial charge < -0.3 is 19.7 Å². The molecule has 0 unspecified atom stereocenters. The zero-order valence-corrected chi connectivity index (χ0v) is 16.6. The second-order valence-electron chi connectivity index (χ2n) is 5.97. The number of amides is 1. The predicted octanol–water partition coefficient (Wildman–Crippen LogP) is 2.95. The summed E-state index contributed by atoms with van der Waals surface area (Å²) in [5.74, 6) is 1.04. The van der Waals surface area contributed by atoms with Gasteiger partial charge in [-0.15, -0.1) is 0 Å². The van der Waals surface area contributed by atoms with E-state index in [1.165, 1.54) is 0 Å². The fourth-order valence-electron chi connectivity index (χ4n) is 2.77. The Hall–Kier alpha value is -2.19. The summed E-state index contributed by atoms with van der Waals surface area (Å²) in [4.78, 5) is 23.9. The summed E-state index contributed by atoms with van der Waals surface area (Å²) < 4.78 is 11.3. The molecular weight excluding hydrogens is 400 g/mol. The van der Waals surface area contributed by atoms with Crippen molar-refractivity contribution in [2.45, 2.75) is 13.8 Å². The summed E-state index contributed by atoms with van der Waals surface area (Å²) in [5, 5.41) is 2.92. The van der Waals surface area contributed by atoms with Crippen LogP contribution in [0.1, 0.15) is 21.7 Å². The SMILES string of the molecule is COc1ccc(Br)c(C(=O)Nc2c(C)nc(N3CCOCC3)nc2C)c1. The molecule has 1 aliphatic rings. The summed E-state index contributed by atoms with van der Waals surface area (Å²) in [6, 6.07) is 5.26. The number of carbonyl (C=O) groups excluding carboxylic acids is 1. The third-order valence-electron chi connectivity index (χ3n) is 4.21. The lowest BCUT2D eigenvalue weighted by Crippen LogP contribution is -2.37. The molecule has 7 nitrogen and oxygen atoms in total. The first-order chi connectivity index (χ1) is 12.5. The number of halogens is 1. The summed E-state index contributed by atoms with van der Waals surface area (Å²) >= 11 is 3.41. The number of carbonyl (C=O) groups is 1. The second-order valence-corrected chi connectivity index (χ2v) is 6.82. The molecule has 1 aromatic carbocycles. The third-order valence-corrected chi connectivity index (χ3v) is 4.90. The summed E-state index contributed by atoms with van der Waals surface area (Å²) in [6.45, 7) is 6.61. The van der Waals surface area contributed by atoms with Crippen LogP contribution in [0.3, 0.4) is 0 Å². The maximum atomic E-state index is 12.7. The zero-order chi connectivity index (χ0) is 18.7. The van der Waals surface area contributed by atoms with Crippen LogP contribution >= 0.6 is 15.9 Å². The lowest BCUT2D eigenvalue weighted by molar-refractivity contribution is 0.102. The number of methoxy groups -OCH3 is 1. The van der Waals surface area contributed by atoms with Crippen molar-refractivity contribution in [3.05, 3.63) is 39.6 Å². The number of morpholine rings is 1. The minimum absolute atomic E-state index is 0.246. The molecule has 0 radical (unpaired) electrons. The number of benzene rings is 1. The molecule has 1 aromatic heterocycles. The second kappa shape index (κ2) is 8.01. The molecule has 2 aromatic rings. The number of ether oxygens (including phenoxy) is 2. The van der Waals surface area contributed by atoms with E-state index >= 15 is 0 Å². The van der Waals surface area contributed by atoms with Crippen molar-refractivity contribution in [2.24, 2.45) is 0 Å². The molecule has 8 heteroatoms. The smallest absolute Gasteiger partial charge is 0.257 e. The Balaban J connectivity index is 1.84. The molecule has 1 saturated heterocycles. The molecule has 1 fully saturated rings. The van der Waals surface area contributed by atoms with Gasteiger partial charge in [0.25, 0.3) is 5.91 Å². The fraction of sp³-hybridized carbons (Fsp3) is 0.389. The molecule has 0 atom stereocenters. The van der Waals surface area contributed by atoms with Gasteiger partial charge in [0, 0.05) is 17.6 Å². The van der Waals surface area contributed by atoms with Crippen LogP contribution in [0, 0.1) is 13.8 Å². The largest absolute Gasteiger partial charge is 0.497 e. The van der Waals surface area contributed by atoms with Crippen LogP contribution in [0.15, 0.2) is 22.7 Å². The molecule has 3 rings (SSSR count). The number of aromatic nitrogens is 2. The van der Waals surface area contributed by atoms with Gasteiger partial charge in [-0.25, -0.2) is 9.97 Å². The number of nitrogens with one attached hydrogen (secondary N) is 1. The first-order valence-electron chi connectivity index (χ1n) is 8.32. The molecule has 26 heavy (non-hydrogen) atoms. The number of aryl methyl sites for hydroxylation is 2. The van der Waals surface area contributed by atoms with Gasteiger partial charge in [0.15, 0.2) is 0 Å². The maximum absolute atomic E-state index is 12.7. The van der Waals surface area contributed by atoms with Gasteiger partial charge >= 0.3 is 0 Å². The summed E-state index contributed by atoms with van der Waals surface area (Å²) in [5.41, 5.74) is 2.57. The molecule has 0 bridgehead atoms. The van der Waals surface area contributed by atoms with Crippen molar-refractivity contribution in [2.75, 3.05) is 43.6 Å². The van der Waals surface area contributed by atoms with E-state index in [9.17, 15) is 4.79 Å². The summed E-state index contributed by atoms with van der Waals surface area (Å²) in [7, 11) is 1.57. The number of nitrogens with zero attached hydrogens (tertiary/aromatic N) is 3. The molecular formula is C18H21BrN4O3. The molecule has 138 valence electrons. The van der Waals surface area contributed by atoms with Crippen LogP contribution in [0.4, 0.5) is 11.6 Å². The van der Waals surface area contributed by atoms with Gasteiger partial charge in [0.05, 0.1) is 43.0 Å². The van der Waals surface area contributed by atoms with Crippen LogP contribution in [0.5, 0.6) is 5.75 Å². The standard InChI is InChI=1S/C18H21BrN4O3/c1-11-16(12(2)21-18(20-11)23-6-8-26-9-7-23)22-17(24)14-10-13(25-3)4-5-15(14)19/h4-5,10H,6-9H2,1-3H3,(H,22,24). The van der Waals surface area contributed by atoms with Crippen LogP contribution in [-0.4, -0.2) is 49.3 Å². The number of hydrogen-bond acceptors (Lipinski definition) is 6. The average molecular weight is 421 g/mol. The van der Waals surface area contributed by atoms with Gasteiger partial charge in [-0.3, -0.25) is 4.79 Å². The van der Waals surface area contributed by atoms with Crippen LogP contribution in [0.25, 0.3) is 0 Å². The Morgan fingerprint density at radius 1 is 1.23 bits per heavy atom. The van der Waals surface area contributed by atoms with Gasteiger partial charge in [0.2, 0.25) is 5.95 Å². The third kappa shape index (κ3) is 3.96. The van der Waals surface area contributed by atoms with E-state index in [4.69, 9.17) is 9.47 Å². The molecule has 0 saturated carbocycles. The lowest BCUT2D eigenvalue weighted by Gasteiger charge is -2.27. The minimum atomic E-state index is -0.246. The van der Waals surface area contributed by atoms with Crippen molar-refractivity contribution in [1.29, 1.82) is 0 Å². The molecule has 1 amide bonds. The Kier molecular flexibility index (Phi) is 5.73. The van der Waals surface area contributed by atoms with Crippen LogP contribution < -0.4 is 15.0 Å². The lowest BCUT2D eigenvalue weighted by atomic mass is 10.2. The Morgan fingerprint density at radius 2 is 1.88 bits per heavy atom. The van der Waals surface area contributed by atoms with E-state index in [1.54, 1.807) is 25.3 Å². The zero-order valence-electron chi connectivity index (χ0n) is 15.0. The van der Waals surface area contributed by atoms with Gasteiger partial charge in [-0.1, -0.05) is 0 Å². The average Bonchev–Trinajstić information content (AvgIpc) is 2.65. The van der Waals surface area contributed by atoms with E-state index in [0.717, 1.165) is 24.5 Å². The normalized spacial score (nSPS) is 14.2. The highest BCUT2D eigenvalue weighted by Gasteiger charge is 2.19. The molecule has 0 spiro atoms. The van der Waals surface area contributed by atoms with E-state index < -0.39 is 0 Å². The highest BCUT2D eigenvalue weighted by atomic mass is 79.9. The van der Waals surface area contributed by atoms with E-state index in [2.05, 4.69) is 36.1 Å². The van der Waals surface area contributed by atoms with E-state index in [-0.39, 0.29) is 5.91 Å². The van der Waals surface area contributed by atoms with E-state index in [0.29, 0.717) is 40.6 Å². The number of hydrogen-bond donors (Lipinski definition) is 1. The van der Waals surface area contributed by atoms with Crippen LogP contribution in [0.2, 0.25) is 0 Å². The van der Waals surface area contributed by atoms with Crippen molar-refractivity contribution in [3.63, 3.8) is 0 Å². The Labute approximate surface area is 160 Å². The monoisotopic (exact) mass is 420 g/mol. The topological polar surface area (TPSA) is 76.6 Å². The van der Waals surface area contributed by atoms with Gasteiger partial charge in [0.1, 0.15) is 5.75 Å². The van der Waals surface area contributed by atoms with Gasteiger partial charge in [-0.2, -0.15) is 0 Å². The van der Waals surface area contributed by atoms with Gasteiger partial charge in [-0.05, 0) is 48.0 Å². The highest BCUT2D eigenvalue weighted by molar-refractivity contribution is 9.10. The first kappa shape index (κ1) is 18.6. The van der Waals surface area contributed by atoms with Crippen molar-refractivity contribution < 1.29 is 14.3 Å².